The molecule has 0 spiro atoms. The van der Waals surface area contributed by atoms with Crippen LogP contribution in [0, 0.1) is 13.8 Å². The molecule has 2 N–H and O–H groups in total. The van der Waals surface area contributed by atoms with E-state index in [1.54, 1.807) is 6.21 Å². The number of nitrogens with zero attached hydrogens (tertiary/aromatic N) is 2. The number of para-hydroxylation sites is 1. The minimum Gasteiger partial charge on any atom is -0.406 e. The topological polar surface area (TPSA) is 75.6 Å². The van der Waals surface area contributed by atoms with Crippen molar-refractivity contribution in [3.8, 4) is 16.3 Å². The third-order valence-electron chi connectivity index (χ3n) is 4.86. The van der Waals surface area contributed by atoms with E-state index in [2.05, 4.69) is 24.2 Å². The molecule has 2 amide bonds. The molecule has 4 aromatic rings. The van der Waals surface area contributed by atoms with E-state index in [0.29, 0.717) is 10.6 Å². The average Bonchev–Trinajstić information content (AvgIpc) is 3.22. The number of aryl methyl sites for hydroxylation is 2. The molecule has 0 aliphatic heterocycles. The second-order valence-electron chi connectivity index (χ2n) is 7.47. The number of carbonyl (C=O) groups excluding carboxylic acids is 1. The molecule has 6 nitrogen and oxygen atoms in total. The molecule has 0 saturated carbocycles. The standard InChI is InChI=1S/C24H19F3N4O2S2/c1-14-4-3-5-15(2)21(14)30-23(32)31-35-28-13-16-6-11-20-19(12-16)29-22(34-20)17-7-9-18(10-8-17)33-24(25,26)27/h3-13H,1-2H3,(H2,30,31,32). The zero-order valence-electron chi connectivity index (χ0n) is 18.5. The van der Waals surface area contributed by atoms with Gasteiger partial charge in [-0.15, -0.1) is 24.5 Å². The molecule has 1 heterocycles. The number of urea groups is 1. The fourth-order valence-electron chi connectivity index (χ4n) is 3.25. The van der Waals surface area contributed by atoms with Gasteiger partial charge in [0.2, 0.25) is 0 Å². The van der Waals surface area contributed by atoms with Crippen LogP contribution in [0.4, 0.5) is 23.7 Å². The Hall–Kier alpha value is -3.57. The summed E-state index contributed by atoms with van der Waals surface area (Å²) < 4.78 is 48.6. The first-order valence-electron chi connectivity index (χ1n) is 10.3. The first-order chi connectivity index (χ1) is 16.7. The van der Waals surface area contributed by atoms with Crippen molar-refractivity contribution < 1.29 is 22.7 Å². The van der Waals surface area contributed by atoms with Crippen LogP contribution < -0.4 is 14.8 Å². The van der Waals surface area contributed by atoms with Crippen molar-refractivity contribution in [1.82, 2.24) is 9.71 Å². The fourth-order valence-corrected chi connectivity index (χ4v) is 4.57. The highest BCUT2D eigenvalue weighted by Crippen LogP contribution is 2.32. The van der Waals surface area contributed by atoms with Crippen molar-refractivity contribution in [2.24, 2.45) is 4.40 Å². The van der Waals surface area contributed by atoms with Crippen LogP contribution in [-0.4, -0.2) is 23.6 Å². The van der Waals surface area contributed by atoms with Gasteiger partial charge in [0, 0.05) is 17.5 Å². The lowest BCUT2D eigenvalue weighted by atomic mass is 10.1. The summed E-state index contributed by atoms with van der Waals surface area (Å²) in [5.74, 6) is -0.283. The summed E-state index contributed by atoms with van der Waals surface area (Å²) in [6, 6.07) is 16.6. The summed E-state index contributed by atoms with van der Waals surface area (Å²) in [6.45, 7) is 3.84. The zero-order chi connectivity index (χ0) is 25.0. The second-order valence-corrected chi connectivity index (χ2v) is 9.10. The van der Waals surface area contributed by atoms with Crippen LogP contribution in [0.1, 0.15) is 16.7 Å². The molecule has 0 unspecified atom stereocenters. The van der Waals surface area contributed by atoms with Crippen molar-refractivity contribution in [3.63, 3.8) is 0 Å². The number of ether oxygens (including phenoxy) is 1. The molecule has 0 aliphatic rings. The lowest BCUT2D eigenvalue weighted by molar-refractivity contribution is -0.274. The first kappa shape index (κ1) is 24.6. The molecule has 11 heteroatoms. The molecule has 0 aliphatic carbocycles. The SMILES string of the molecule is Cc1cccc(C)c1NC(=O)NSN=Cc1ccc2sc(-c3ccc(OC(F)(F)F)cc3)nc2c1. The van der Waals surface area contributed by atoms with Crippen LogP contribution in [0.5, 0.6) is 5.75 Å². The number of benzene rings is 3. The Kier molecular flexibility index (Phi) is 7.27. The summed E-state index contributed by atoms with van der Waals surface area (Å²) in [4.78, 5) is 16.7. The lowest BCUT2D eigenvalue weighted by Gasteiger charge is -2.10. The Bertz CT molecular complexity index is 1370. The molecular formula is C24H19F3N4O2S2. The predicted octanol–water partition coefficient (Wildman–Crippen LogP) is 7.28. The maximum Gasteiger partial charge on any atom is 0.573 e. The highest BCUT2D eigenvalue weighted by atomic mass is 32.2. The molecule has 35 heavy (non-hydrogen) atoms. The van der Waals surface area contributed by atoms with Gasteiger partial charge in [0.25, 0.3) is 0 Å². The molecule has 0 bridgehead atoms. The Labute approximate surface area is 207 Å². The van der Waals surface area contributed by atoms with Gasteiger partial charge in [0.15, 0.2) is 0 Å². The Morgan fingerprint density at radius 1 is 1.09 bits per heavy atom. The van der Waals surface area contributed by atoms with E-state index in [1.165, 1.54) is 35.6 Å². The first-order valence-corrected chi connectivity index (χ1v) is 11.9. The van der Waals surface area contributed by atoms with Crippen LogP contribution in [-0.2, 0) is 0 Å². The van der Waals surface area contributed by atoms with Gasteiger partial charge < -0.3 is 10.1 Å². The molecule has 3 aromatic carbocycles. The number of alkyl halides is 3. The van der Waals surface area contributed by atoms with Crippen LogP contribution in [0.25, 0.3) is 20.8 Å². The van der Waals surface area contributed by atoms with Crippen LogP contribution in [0.15, 0.2) is 65.1 Å². The molecular weight excluding hydrogens is 497 g/mol. The average molecular weight is 517 g/mol. The summed E-state index contributed by atoms with van der Waals surface area (Å²) in [5, 5.41) is 3.49. The lowest BCUT2D eigenvalue weighted by Crippen LogP contribution is -2.23. The van der Waals surface area contributed by atoms with E-state index >= 15 is 0 Å². The summed E-state index contributed by atoms with van der Waals surface area (Å²) in [7, 11) is 0. The third-order valence-corrected chi connectivity index (χ3v) is 6.43. The number of aromatic nitrogens is 1. The Morgan fingerprint density at radius 2 is 1.80 bits per heavy atom. The predicted molar refractivity (Wildman–Crippen MR) is 135 cm³/mol. The van der Waals surface area contributed by atoms with Gasteiger partial charge in [0.05, 0.1) is 22.4 Å². The Balaban J connectivity index is 1.37. The van der Waals surface area contributed by atoms with Gasteiger partial charge >= 0.3 is 12.4 Å². The van der Waals surface area contributed by atoms with Gasteiger partial charge in [-0.25, -0.2) is 14.2 Å². The molecule has 0 fully saturated rings. The smallest absolute Gasteiger partial charge is 0.406 e. The highest BCUT2D eigenvalue weighted by molar-refractivity contribution is 7.96. The van der Waals surface area contributed by atoms with Crippen LogP contribution in [0.2, 0.25) is 0 Å². The van der Waals surface area contributed by atoms with E-state index in [-0.39, 0.29) is 11.8 Å². The molecule has 0 radical (unpaired) electrons. The van der Waals surface area contributed by atoms with Gasteiger partial charge in [0.1, 0.15) is 10.8 Å². The number of fused-ring (bicyclic) bond motifs is 1. The monoisotopic (exact) mass is 516 g/mol. The third kappa shape index (κ3) is 6.52. The number of hydrogen-bond donors (Lipinski definition) is 2. The number of halogens is 3. The number of nitrogens with one attached hydrogen (secondary N) is 2. The van der Waals surface area contributed by atoms with Crippen LogP contribution in [0.3, 0.4) is 0 Å². The van der Waals surface area contributed by atoms with Gasteiger partial charge in [-0.2, -0.15) is 0 Å². The zero-order valence-corrected chi connectivity index (χ0v) is 20.1. The molecule has 1 aromatic heterocycles. The second kappa shape index (κ2) is 10.4. The number of thiazole rings is 1. The molecule has 0 atom stereocenters. The van der Waals surface area contributed by atoms with Gasteiger partial charge in [-0.3, -0.25) is 4.72 Å². The summed E-state index contributed by atoms with van der Waals surface area (Å²) >= 11 is 2.32. The van der Waals surface area contributed by atoms with Crippen molar-refractivity contribution in [2.75, 3.05) is 5.32 Å². The Morgan fingerprint density at radius 3 is 2.49 bits per heavy atom. The number of carbonyl (C=O) groups is 1. The van der Waals surface area contributed by atoms with E-state index in [4.69, 9.17) is 0 Å². The summed E-state index contributed by atoms with van der Waals surface area (Å²) in [5.41, 5.74) is 4.90. The number of amides is 2. The maximum absolute atomic E-state index is 12.3. The highest BCUT2D eigenvalue weighted by Gasteiger charge is 2.31. The largest absolute Gasteiger partial charge is 0.573 e. The van der Waals surface area contributed by atoms with E-state index in [0.717, 1.165) is 44.7 Å². The van der Waals surface area contributed by atoms with Gasteiger partial charge in [-0.05, 0) is 66.9 Å². The number of anilines is 1. The summed E-state index contributed by atoms with van der Waals surface area (Å²) in [6.07, 6.45) is -3.13. The van der Waals surface area contributed by atoms with Crippen molar-refractivity contribution >= 4 is 51.6 Å². The molecule has 0 saturated heterocycles. The minimum atomic E-state index is -4.73. The maximum atomic E-state index is 12.3. The molecule has 180 valence electrons. The number of hydrogen-bond acceptors (Lipinski definition) is 6. The molecule has 4 rings (SSSR count). The normalized spacial score (nSPS) is 11.7. The van der Waals surface area contributed by atoms with Gasteiger partial charge in [-0.1, -0.05) is 24.3 Å². The van der Waals surface area contributed by atoms with E-state index in [1.807, 2.05) is 50.2 Å². The fraction of sp³-hybridized carbons (Fsp3) is 0.125. The minimum absolute atomic E-state index is 0.283. The van der Waals surface area contributed by atoms with Crippen LogP contribution >= 0.6 is 23.5 Å². The van der Waals surface area contributed by atoms with Crippen molar-refractivity contribution in [2.45, 2.75) is 20.2 Å². The van der Waals surface area contributed by atoms with E-state index < -0.39 is 6.36 Å². The quantitative estimate of drug-likeness (QED) is 0.209. The van der Waals surface area contributed by atoms with E-state index in [9.17, 15) is 18.0 Å². The van der Waals surface area contributed by atoms with Crippen molar-refractivity contribution in [3.05, 3.63) is 77.4 Å². The number of rotatable bonds is 6. The van der Waals surface area contributed by atoms with Crippen molar-refractivity contribution in [1.29, 1.82) is 0 Å².